The van der Waals surface area contributed by atoms with Gasteiger partial charge >= 0.3 is 12.1 Å². The van der Waals surface area contributed by atoms with Gasteiger partial charge in [-0.3, -0.25) is 9.59 Å². The number of carbonyl (C=O) groups is 3. The summed E-state index contributed by atoms with van der Waals surface area (Å²) in [4.78, 5) is 40.1. The average molecular weight is 669 g/mol. The van der Waals surface area contributed by atoms with E-state index < -0.39 is 35.6 Å². The first-order valence-corrected chi connectivity index (χ1v) is 13.5. The van der Waals surface area contributed by atoms with E-state index in [2.05, 4.69) is 10.6 Å². The van der Waals surface area contributed by atoms with Crippen molar-refractivity contribution in [3.63, 3.8) is 0 Å². The average Bonchev–Trinajstić information content (AvgIpc) is 3.28. The summed E-state index contributed by atoms with van der Waals surface area (Å²) >= 11 is 1.95. The van der Waals surface area contributed by atoms with Crippen LogP contribution in [-0.4, -0.2) is 48.5 Å². The monoisotopic (exact) mass is 669 g/mol. The van der Waals surface area contributed by atoms with Crippen molar-refractivity contribution in [3.05, 3.63) is 80.2 Å². The number of hydrogen-bond donors (Lipinski definition) is 3. The molecular weight excluding hydrogens is 642 g/mol. The molecule has 4 rings (SSSR count). The fraction of sp³-hybridized carbons (Fsp3) is 0.321. The van der Waals surface area contributed by atoms with Crippen molar-refractivity contribution < 1.29 is 37.4 Å². The van der Waals surface area contributed by atoms with Gasteiger partial charge in [-0.2, -0.15) is 13.2 Å². The number of ether oxygens (including phenoxy) is 1. The summed E-state index contributed by atoms with van der Waals surface area (Å²) in [5.41, 5.74) is 0.696. The van der Waals surface area contributed by atoms with Gasteiger partial charge in [-0.15, -0.1) is 0 Å². The topological polar surface area (TPSA) is 108 Å². The predicted octanol–water partition coefficient (Wildman–Crippen LogP) is 4.39. The van der Waals surface area contributed by atoms with E-state index in [4.69, 9.17) is 4.74 Å². The molecular formula is C28H27F3IN3O5. The molecule has 1 fully saturated rings. The van der Waals surface area contributed by atoms with Gasteiger partial charge in [0.2, 0.25) is 0 Å². The molecule has 0 spiro atoms. The molecule has 3 N–H and O–H groups in total. The number of phenolic OH excluding ortho intramolecular Hbond substituents is 1. The van der Waals surface area contributed by atoms with E-state index in [1.54, 1.807) is 37.0 Å². The molecule has 2 heterocycles. The molecule has 1 amide bonds. The van der Waals surface area contributed by atoms with E-state index in [-0.39, 0.29) is 42.2 Å². The number of rotatable bonds is 7. The number of phenols is 1. The number of amides is 1. The van der Waals surface area contributed by atoms with E-state index >= 15 is 0 Å². The molecule has 2 aromatic rings. The highest BCUT2D eigenvalue weighted by molar-refractivity contribution is 14.1. The Morgan fingerprint density at radius 2 is 1.93 bits per heavy atom. The highest BCUT2D eigenvalue weighted by Gasteiger charge is 2.39. The summed E-state index contributed by atoms with van der Waals surface area (Å²) in [6.07, 6.45) is -2.89. The van der Waals surface area contributed by atoms with Crippen LogP contribution >= 0.6 is 22.6 Å². The lowest BCUT2D eigenvalue weighted by Crippen LogP contribution is -2.47. The summed E-state index contributed by atoms with van der Waals surface area (Å²) < 4.78 is 47.1. The van der Waals surface area contributed by atoms with Gasteiger partial charge in [0.25, 0.3) is 5.91 Å². The van der Waals surface area contributed by atoms with Crippen LogP contribution in [0.3, 0.4) is 0 Å². The quantitative estimate of drug-likeness (QED) is 0.174. The van der Waals surface area contributed by atoms with Crippen LogP contribution < -0.4 is 15.5 Å². The van der Waals surface area contributed by atoms with Gasteiger partial charge in [-0.1, -0.05) is 24.3 Å². The smallest absolute Gasteiger partial charge is 0.416 e. The first-order chi connectivity index (χ1) is 18.9. The maximum atomic E-state index is 13.7. The standard InChI is InChI=1S/C28H27F3IN3O5/c1-15-13-19(18-5-3-4-6-20(18)28(29,30)31)24(16(2)34-15)27(39)40-12-10-33-26(38)25-23(37)9-11-35(25)17-7-8-22(36)21(32)14-17/h3-8,13-14,19,25,34,36H,9-12H2,1-2H3,(H,33,38). The van der Waals surface area contributed by atoms with E-state index in [1.807, 2.05) is 22.6 Å². The minimum atomic E-state index is -4.61. The molecule has 2 atom stereocenters. The Bertz CT molecular complexity index is 1410. The zero-order chi connectivity index (χ0) is 29.2. The summed E-state index contributed by atoms with van der Waals surface area (Å²) in [6.45, 7) is 3.25. The number of esters is 1. The summed E-state index contributed by atoms with van der Waals surface area (Å²) in [7, 11) is 0. The zero-order valence-corrected chi connectivity index (χ0v) is 23.8. The Hall–Kier alpha value is -3.55. The second kappa shape index (κ2) is 11.9. The largest absolute Gasteiger partial charge is 0.507 e. The summed E-state index contributed by atoms with van der Waals surface area (Å²) in [5, 5.41) is 15.4. The van der Waals surface area contributed by atoms with Crippen LogP contribution in [0.4, 0.5) is 18.9 Å². The third-order valence-corrected chi connectivity index (χ3v) is 7.56. The molecule has 40 heavy (non-hydrogen) atoms. The van der Waals surface area contributed by atoms with Crippen molar-refractivity contribution >= 4 is 45.9 Å². The van der Waals surface area contributed by atoms with Gasteiger partial charge in [-0.05, 0) is 66.3 Å². The number of carbonyl (C=O) groups excluding carboxylic acids is 3. The number of alkyl halides is 3. The minimum absolute atomic E-state index is 0.0349. The third-order valence-electron chi connectivity index (χ3n) is 6.70. The molecule has 2 unspecified atom stereocenters. The SMILES string of the molecule is CC1=CC(c2ccccc2C(F)(F)F)C(C(=O)OCCNC(=O)C2C(=O)CCN2c2ccc(O)c(I)c2)=C(C)N1. The molecule has 8 nitrogen and oxygen atoms in total. The Morgan fingerprint density at radius 1 is 1.20 bits per heavy atom. The van der Waals surface area contributed by atoms with Crippen molar-refractivity contribution in [2.24, 2.45) is 0 Å². The molecule has 0 aromatic heterocycles. The number of Topliss-reactive ketones (excluding diaryl/α,β-unsaturated/α-hetero) is 1. The van der Waals surface area contributed by atoms with Crippen LogP contribution in [0.15, 0.2) is 65.5 Å². The normalized spacial score (nSPS) is 19.3. The number of anilines is 1. The van der Waals surface area contributed by atoms with E-state index in [9.17, 15) is 32.7 Å². The maximum Gasteiger partial charge on any atom is 0.416 e. The number of nitrogens with zero attached hydrogens (tertiary/aromatic N) is 1. The maximum absolute atomic E-state index is 13.7. The Labute approximate surface area is 242 Å². The molecule has 2 aromatic carbocycles. The third kappa shape index (κ3) is 6.26. The molecule has 1 saturated heterocycles. The summed E-state index contributed by atoms with van der Waals surface area (Å²) in [5.74, 6) is -2.54. The van der Waals surface area contributed by atoms with Crippen molar-refractivity contribution in [2.75, 3.05) is 24.6 Å². The van der Waals surface area contributed by atoms with E-state index in [0.717, 1.165) is 6.07 Å². The van der Waals surface area contributed by atoms with Gasteiger partial charge in [0, 0.05) is 36.0 Å². The number of nitrogens with one attached hydrogen (secondary N) is 2. The van der Waals surface area contributed by atoms with Crippen LogP contribution in [0.5, 0.6) is 5.75 Å². The Morgan fingerprint density at radius 3 is 2.62 bits per heavy atom. The number of aromatic hydroxyl groups is 1. The van der Waals surface area contributed by atoms with Gasteiger partial charge in [-0.25, -0.2) is 4.79 Å². The summed E-state index contributed by atoms with van der Waals surface area (Å²) in [6, 6.07) is 8.80. The number of halogens is 4. The predicted molar refractivity (Wildman–Crippen MR) is 149 cm³/mol. The molecule has 0 radical (unpaired) electrons. The van der Waals surface area contributed by atoms with Crippen LogP contribution in [0.25, 0.3) is 0 Å². The fourth-order valence-electron chi connectivity index (χ4n) is 4.93. The molecule has 0 bridgehead atoms. The van der Waals surface area contributed by atoms with Gasteiger partial charge in [0.05, 0.1) is 21.3 Å². The van der Waals surface area contributed by atoms with Gasteiger partial charge in [0.1, 0.15) is 12.4 Å². The fourth-order valence-corrected chi connectivity index (χ4v) is 5.42. The lowest BCUT2D eigenvalue weighted by Gasteiger charge is -2.28. The van der Waals surface area contributed by atoms with Crippen LogP contribution in [0, 0.1) is 3.57 Å². The van der Waals surface area contributed by atoms with Crippen LogP contribution in [0.2, 0.25) is 0 Å². The number of hydrogen-bond acceptors (Lipinski definition) is 7. The number of dihydropyridines is 1. The van der Waals surface area contributed by atoms with Gasteiger partial charge in [0.15, 0.2) is 11.8 Å². The van der Waals surface area contributed by atoms with E-state index in [1.165, 1.54) is 24.3 Å². The highest BCUT2D eigenvalue weighted by atomic mass is 127. The minimum Gasteiger partial charge on any atom is -0.507 e. The second-order valence-electron chi connectivity index (χ2n) is 9.45. The number of benzene rings is 2. The number of ketones is 1. The molecule has 0 aliphatic carbocycles. The number of allylic oxidation sites excluding steroid dienone is 3. The molecule has 12 heteroatoms. The van der Waals surface area contributed by atoms with Crippen molar-refractivity contribution in [1.29, 1.82) is 0 Å². The van der Waals surface area contributed by atoms with Crippen molar-refractivity contribution in [3.8, 4) is 5.75 Å². The zero-order valence-electron chi connectivity index (χ0n) is 21.6. The molecule has 2 aliphatic heterocycles. The Kier molecular flexibility index (Phi) is 8.76. The lowest BCUT2D eigenvalue weighted by atomic mass is 9.84. The molecule has 212 valence electrons. The van der Waals surface area contributed by atoms with Gasteiger partial charge < -0.3 is 25.4 Å². The van der Waals surface area contributed by atoms with Crippen LogP contribution in [0.1, 0.15) is 37.3 Å². The highest BCUT2D eigenvalue weighted by Crippen LogP contribution is 2.40. The molecule has 0 saturated carbocycles. The Balaban J connectivity index is 1.42. The van der Waals surface area contributed by atoms with Crippen molar-refractivity contribution in [2.45, 2.75) is 38.4 Å². The van der Waals surface area contributed by atoms with Crippen molar-refractivity contribution in [1.82, 2.24) is 10.6 Å². The second-order valence-corrected chi connectivity index (χ2v) is 10.6. The molecule has 2 aliphatic rings. The first-order valence-electron chi connectivity index (χ1n) is 12.4. The van der Waals surface area contributed by atoms with E-state index in [0.29, 0.717) is 27.2 Å². The van der Waals surface area contributed by atoms with Crippen LogP contribution in [-0.2, 0) is 25.3 Å². The first kappa shape index (κ1) is 29.4. The lowest BCUT2D eigenvalue weighted by molar-refractivity contribution is -0.141.